The number of aliphatic hydroxyl groups is 1. The van der Waals surface area contributed by atoms with Gasteiger partial charge in [0.1, 0.15) is 0 Å². The number of hydrogen-bond donors (Lipinski definition) is 2. The standard InChI is InChI=1S/C18H27NO2/c1-14(2)16-10-8-15(9-11-16)6-5-7-17(21)19-12-18(3,4)13-20/h5-6,8-11,14,20H,7,12-13H2,1-4H3,(H,19,21)/b6-5+. The van der Waals surface area contributed by atoms with Gasteiger partial charge < -0.3 is 10.4 Å². The zero-order valence-corrected chi connectivity index (χ0v) is 13.5. The second-order valence-corrected chi connectivity index (χ2v) is 6.53. The average molecular weight is 289 g/mol. The van der Waals surface area contributed by atoms with E-state index in [4.69, 9.17) is 5.11 Å². The number of amides is 1. The summed E-state index contributed by atoms with van der Waals surface area (Å²) < 4.78 is 0. The quantitative estimate of drug-likeness (QED) is 0.808. The minimum absolute atomic E-state index is 0.0217. The van der Waals surface area contributed by atoms with Gasteiger partial charge in [0.25, 0.3) is 0 Å². The minimum atomic E-state index is -0.272. The zero-order valence-electron chi connectivity index (χ0n) is 13.5. The van der Waals surface area contributed by atoms with Crippen molar-refractivity contribution < 1.29 is 9.90 Å². The Bertz CT molecular complexity index is 472. The van der Waals surface area contributed by atoms with Crippen molar-refractivity contribution in [2.24, 2.45) is 5.41 Å². The van der Waals surface area contributed by atoms with Crippen LogP contribution in [0.15, 0.2) is 30.3 Å². The van der Waals surface area contributed by atoms with Crippen molar-refractivity contribution in [3.05, 3.63) is 41.5 Å². The van der Waals surface area contributed by atoms with Crippen LogP contribution in [0.1, 0.15) is 51.2 Å². The smallest absolute Gasteiger partial charge is 0.223 e. The van der Waals surface area contributed by atoms with Crippen molar-refractivity contribution in [3.8, 4) is 0 Å². The first-order valence-electron chi connectivity index (χ1n) is 7.48. The summed E-state index contributed by atoms with van der Waals surface area (Å²) in [6.45, 7) is 8.72. The van der Waals surface area contributed by atoms with Gasteiger partial charge in [0, 0.05) is 25.0 Å². The lowest BCUT2D eigenvalue weighted by molar-refractivity contribution is -0.120. The predicted molar refractivity (Wildman–Crippen MR) is 88.1 cm³/mol. The third-order valence-electron chi connectivity index (χ3n) is 3.41. The van der Waals surface area contributed by atoms with Crippen LogP contribution in [0.3, 0.4) is 0 Å². The van der Waals surface area contributed by atoms with E-state index in [1.807, 2.05) is 26.0 Å². The third kappa shape index (κ3) is 6.58. The summed E-state index contributed by atoms with van der Waals surface area (Å²) in [4.78, 5) is 11.7. The van der Waals surface area contributed by atoms with Gasteiger partial charge >= 0.3 is 0 Å². The van der Waals surface area contributed by atoms with E-state index in [0.29, 0.717) is 18.9 Å². The number of nitrogens with one attached hydrogen (secondary N) is 1. The van der Waals surface area contributed by atoms with Gasteiger partial charge in [-0.15, -0.1) is 0 Å². The molecule has 1 amide bonds. The first kappa shape index (κ1) is 17.4. The molecule has 0 aliphatic heterocycles. The summed E-state index contributed by atoms with van der Waals surface area (Å²) in [6, 6.07) is 8.37. The summed E-state index contributed by atoms with van der Waals surface area (Å²) in [5.41, 5.74) is 2.14. The fraction of sp³-hybridized carbons (Fsp3) is 0.500. The number of aliphatic hydroxyl groups excluding tert-OH is 1. The lowest BCUT2D eigenvalue weighted by atomic mass is 9.95. The van der Waals surface area contributed by atoms with Gasteiger partial charge in [0.05, 0.1) is 0 Å². The molecule has 0 aliphatic carbocycles. The Morgan fingerprint density at radius 1 is 1.29 bits per heavy atom. The van der Waals surface area contributed by atoms with E-state index in [2.05, 4.69) is 43.4 Å². The Morgan fingerprint density at radius 2 is 1.90 bits per heavy atom. The molecule has 0 spiro atoms. The molecule has 21 heavy (non-hydrogen) atoms. The topological polar surface area (TPSA) is 49.3 Å². The van der Waals surface area contributed by atoms with Crippen molar-refractivity contribution in [2.45, 2.75) is 40.0 Å². The largest absolute Gasteiger partial charge is 0.396 e. The van der Waals surface area contributed by atoms with Crippen LogP contribution in [0.2, 0.25) is 0 Å². The Morgan fingerprint density at radius 3 is 2.43 bits per heavy atom. The van der Waals surface area contributed by atoms with Crippen molar-refractivity contribution >= 4 is 12.0 Å². The molecule has 3 heteroatoms. The van der Waals surface area contributed by atoms with Gasteiger partial charge in [-0.3, -0.25) is 4.79 Å². The Labute approximate surface area is 128 Å². The van der Waals surface area contributed by atoms with Crippen LogP contribution in [0.25, 0.3) is 6.08 Å². The van der Waals surface area contributed by atoms with Crippen LogP contribution >= 0.6 is 0 Å². The third-order valence-corrected chi connectivity index (χ3v) is 3.41. The molecule has 1 aromatic rings. The van der Waals surface area contributed by atoms with Crippen LogP contribution in [0, 0.1) is 5.41 Å². The fourth-order valence-electron chi connectivity index (χ4n) is 1.76. The molecule has 0 bridgehead atoms. The monoisotopic (exact) mass is 289 g/mol. The maximum absolute atomic E-state index is 11.7. The normalized spacial score (nSPS) is 12.1. The lowest BCUT2D eigenvalue weighted by Gasteiger charge is -2.21. The van der Waals surface area contributed by atoms with Crippen molar-refractivity contribution in [3.63, 3.8) is 0 Å². The Hall–Kier alpha value is -1.61. The molecule has 2 N–H and O–H groups in total. The van der Waals surface area contributed by atoms with Gasteiger partial charge in [-0.05, 0) is 17.0 Å². The molecule has 0 saturated carbocycles. The van der Waals surface area contributed by atoms with Crippen molar-refractivity contribution in [2.75, 3.05) is 13.2 Å². The van der Waals surface area contributed by atoms with E-state index in [-0.39, 0.29) is 17.9 Å². The summed E-state index contributed by atoms with van der Waals surface area (Å²) >= 11 is 0. The minimum Gasteiger partial charge on any atom is -0.396 e. The molecule has 116 valence electrons. The molecule has 0 atom stereocenters. The van der Waals surface area contributed by atoms with Gasteiger partial charge in [-0.2, -0.15) is 0 Å². The molecule has 0 aromatic heterocycles. The van der Waals surface area contributed by atoms with Gasteiger partial charge in [0.15, 0.2) is 0 Å². The van der Waals surface area contributed by atoms with Gasteiger partial charge in [-0.25, -0.2) is 0 Å². The number of carbonyl (C=O) groups is 1. The summed E-state index contributed by atoms with van der Waals surface area (Å²) in [7, 11) is 0. The predicted octanol–water partition coefficient (Wildman–Crippen LogP) is 3.35. The number of hydrogen-bond acceptors (Lipinski definition) is 2. The van der Waals surface area contributed by atoms with Crippen LogP contribution in [0.5, 0.6) is 0 Å². The Kier molecular flexibility index (Phi) is 6.63. The first-order valence-corrected chi connectivity index (χ1v) is 7.48. The highest BCUT2D eigenvalue weighted by Crippen LogP contribution is 2.15. The van der Waals surface area contributed by atoms with Crippen LogP contribution in [0.4, 0.5) is 0 Å². The molecular formula is C18H27NO2. The highest BCUT2D eigenvalue weighted by atomic mass is 16.3. The zero-order chi connectivity index (χ0) is 15.9. The molecule has 0 radical (unpaired) electrons. The molecule has 0 fully saturated rings. The fourth-order valence-corrected chi connectivity index (χ4v) is 1.76. The van der Waals surface area contributed by atoms with E-state index >= 15 is 0 Å². The molecular weight excluding hydrogens is 262 g/mol. The highest BCUT2D eigenvalue weighted by molar-refractivity contribution is 5.78. The number of benzene rings is 1. The highest BCUT2D eigenvalue weighted by Gasteiger charge is 2.16. The van der Waals surface area contributed by atoms with Crippen LogP contribution in [-0.4, -0.2) is 24.2 Å². The van der Waals surface area contributed by atoms with E-state index in [9.17, 15) is 4.79 Å². The molecule has 0 aliphatic rings. The summed E-state index contributed by atoms with van der Waals surface area (Å²) in [5.74, 6) is 0.510. The van der Waals surface area contributed by atoms with Gasteiger partial charge in [-0.1, -0.05) is 64.1 Å². The average Bonchev–Trinajstić information content (AvgIpc) is 2.46. The number of rotatable bonds is 7. The lowest BCUT2D eigenvalue weighted by Crippen LogP contribution is -2.35. The van der Waals surface area contributed by atoms with E-state index in [0.717, 1.165) is 5.56 Å². The maximum atomic E-state index is 11.7. The Balaban J connectivity index is 2.42. The van der Waals surface area contributed by atoms with E-state index in [1.165, 1.54) is 5.56 Å². The summed E-state index contributed by atoms with van der Waals surface area (Å²) in [6.07, 6.45) is 4.18. The van der Waals surface area contributed by atoms with Crippen LogP contribution in [-0.2, 0) is 4.79 Å². The molecule has 0 saturated heterocycles. The summed E-state index contributed by atoms with van der Waals surface area (Å²) in [5, 5.41) is 12.0. The SMILES string of the molecule is CC(C)c1ccc(/C=C/CC(=O)NCC(C)(C)CO)cc1. The van der Waals surface area contributed by atoms with Crippen molar-refractivity contribution in [1.82, 2.24) is 5.32 Å². The second kappa shape index (κ2) is 7.99. The van der Waals surface area contributed by atoms with Crippen molar-refractivity contribution in [1.29, 1.82) is 0 Å². The number of carbonyl (C=O) groups excluding carboxylic acids is 1. The maximum Gasteiger partial charge on any atom is 0.223 e. The first-order chi connectivity index (χ1) is 9.84. The van der Waals surface area contributed by atoms with Crippen LogP contribution < -0.4 is 5.32 Å². The molecule has 1 rings (SSSR count). The van der Waals surface area contributed by atoms with E-state index in [1.54, 1.807) is 0 Å². The molecule has 0 unspecified atom stereocenters. The molecule has 0 heterocycles. The molecule has 3 nitrogen and oxygen atoms in total. The van der Waals surface area contributed by atoms with E-state index < -0.39 is 0 Å². The molecule has 1 aromatic carbocycles. The van der Waals surface area contributed by atoms with Gasteiger partial charge in [0.2, 0.25) is 5.91 Å². The second-order valence-electron chi connectivity index (χ2n) is 6.53.